The van der Waals surface area contributed by atoms with Gasteiger partial charge in [0, 0.05) is 11.1 Å². The molecule has 3 nitrogen and oxygen atoms in total. The Bertz CT molecular complexity index is 420. The van der Waals surface area contributed by atoms with Crippen molar-refractivity contribution in [1.82, 2.24) is 10.2 Å². The van der Waals surface area contributed by atoms with Gasteiger partial charge in [0.2, 0.25) is 0 Å². The predicted molar refractivity (Wildman–Crippen MR) is 49.3 cm³/mol. The van der Waals surface area contributed by atoms with Gasteiger partial charge in [-0.25, -0.2) is 0 Å². The Balaban J connectivity index is 2.59. The van der Waals surface area contributed by atoms with E-state index >= 15 is 0 Å². The fourth-order valence-electron chi connectivity index (χ4n) is 1.25. The van der Waals surface area contributed by atoms with Gasteiger partial charge in [-0.15, -0.1) is 0 Å². The zero-order valence-corrected chi connectivity index (χ0v) is 7.20. The molecule has 2 aromatic rings. The van der Waals surface area contributed by atoms with Gasteiger partial charge >= 0.3 is 0 Å². The molecule has 65 valence electrons. The average Bonchev–Trinajstić information content (AvgIpc) is 2.52. The van der Waals surface area contributed by atoms with Crippen molar-refractivity contribution in [1.29, 1.82) is 0 Å². The molecule has 1 radical (unpaired) electrons. The first-order valence-corrected chi connectivity index (χ1v) is 4.00. The monoisotopic (exact) mass is 173 g/mol. The van der Waals surface area contributed by atoms with Crippen molar-refractivity contribution < 1.29 is 5.11 Å². The summed E-state index contributed by atoms with van der Waals surface area (Å²) in [5, 5.41) is 16.1. The summed E-state index contributed by atoms with van der Waals surface area (Å²) < 4.78 is 0. The Hall–Kier alpha value is -1.77. The normalized spacial score (nSPS) is 10.2. The lowest BCUT2D eigenvalue weighted by Gasteiger charge is -2.01. The minimum absolute atomic E-state index is 0.253. The minimum Gasteiger partial charge on any atom is -0.507 e. The molecule has 0 saturated carbocycles. The Morgan fingerprint density at radius 2 is 2.15 bits per heavy atom. The average molecular weight is 173 g/mol. The fourth-order valence-corrected chi connectivity index (χ4v) is 1.25. The minimum atomic E-state index is 0.253. The van der Waals surface area contributed by atoms with E-state index < -0.39 is 0 Å². The van der Waals surface area contributed by atoms with Crippen LogP contribution in [0.5, 0.6) is 5.75 Å². The number of aryl methyl sites for hydroxylation is 1. The second-order valence-electron chi connectivity index (χ2n) is 2.85. The number of hydrogen-bond donors (Lipinski definition) is 2. The molecule has 0 amide bonds. The van der Waals surface area contributed by atoms with Gasteiger partial charge in [-0.05, 0) is 19.1 Å². The van der Waals surface area contributed by atoms with E-state index in [9.17, 15) is 5.11 Å². The number of rotatable bonds is 1. The molecular weight excluding hydrogens is 164 g/mol. The molecule has 0 bridgehead atoms. The van der Waals surface area contributed by atoms with Crippen molar-refractivity contribution in [3.8, 4) is 17.0 Å². The molecule has 13 heavy (non-hydrogen) atoms. The first kappa shape index (κ1) is 7.86. The van der Waals surface area contributed by atoms with Gasteiger partial charge in [0.15, 0.2) is 0 Å². The summed E-state index contributed by atoms with van der Waals surface area (Å²) in [6.45, 7) is 1.89. The van der Waals surface area contributed by atoms with Crippen molar-refractivity contribution >= 4 is 0 Å². The maximum Gasteiger partial charge on any atom is 0.124 e. The standard InChI is InChI=1S/C10H9N2O/c1-7-6-11-12-10(7)8-4-2-3-5-9(8)13/h2-5,13H,1H3,(H,11,12). The Labute approximate surface area is 76.0 Å². The van der Waals surface area contributed by atoms with Crippen molar-refractivity contribution in [3.63, 3.8) is 0 Å². The van der Waals surface area contributed by atoms with Crippen molar-refractivity contribution in [2.75, 3.05) is 0 Å². The van der Waals surface area contributed by atoms with E-state index in [1.165, 1.54) is 0 Å². The maximum atomic E-state index is 9.55. The van der Waals surface area contributed by atoms with Gasteiger partial charge in [0.05, 0.1) is 5.69 Å². The molecule has 0 atom stereocenters. The van der Waals surface area contributed by atoms with E-state index in [1.54, 1.807) is 12.1 Å². The smallest absolute Gasteiger partial charge is 0.124 e. The summed E-state index contributed by atoms with van der Waals surface area (Å²) in [4.78, 5) is 0. The molecule has 0 aliphatic rings. The summed E-state index contributed by atoms with van der Waals surface area (Å²) in [6, 6.07) is 7.14. The lowest BCUT2D eigenvalue weighted by atomic mass is 10.1. The number of phenolic OH excluding ortho intramolecular Hbond substituents is 1. The van der Waals surface area contributed by atoms with Crippen LogP contribution < -0.4 is 0 Å². The van der Waals surface area contributed by atoms with Crippen LogP contribution in [0.15, 0.2) is 24.3 Å². The highest BCUT2D eigenvalue weighted by molar-refractivity contribution is 5.68. The van der Waals surface area contributed by atoms with Crippen LogP contribution in [0, 0.1) is 13.1 Å². The van der Waals surface area contributed by atoms with E-state index in [0.29, 0.717) is 0 Å². The van der Waals surface area contributed by atoms with Crippen LogP contribution in [0.3, 0.4) is 0 Å². The zero-order valence-electron chi connectivity index (χ0n) is 7.20. The molecule has 2 N–H and O–H groups in total. The lowest BCUT2D eigenvalue weighted by molar-refractivity contribution is 0.477. The van der Waals surface area contributed by atoms with E-state index in [0.717, 1.165) is 16.8 Å². The highest BCUT2D eigenvalue weighted by atomic mass is 16.3. The van der Waals surface area contributed by atoms with E-state index in [4.69, 9.17) is 0 Å². The van der Waals surface area contributed by atoms with Gasteiger partial charge in [-0.3, -0.25) is 5.10 Å². The number of H-pyrrole nitrogens is 1. The zero-order chi connectivity index (χ0) is 9.26. The number of hydrogen-bond acceptors (Lipinski definition) is 2. The predicted octanol–water partition coefficient (Wildman–Crippen LogP) is 1.89. The molecule has 1 aromatic carbocycles. The molecular formula is C10H9N2O. The summed E-state index contributed by atoms with van der Waals surface area (Å²) in [6.07, 6.45) is 2.78. The number of benzene rings is 1. The molecule has 1 heterocycles. The molecule has 0 aliphatic carbocycles. The van der Waals surface area contributed by atoms with E-state index in [1.807, 2.05) is 19.1 Å². The van der Waals surface area contributed by atoms with Crippen LogP contribution in [0.4, 0.5) is 0 Å². The lowest BCUT2D eigenvalue weighted by Crippen LogP contribution is -1.81. The maximum absolute atomic E-state index is 9.55. The van der Waals surface area contributed by atoms with Crippen LogP contribution in [0.1, 0.15) is 5.56 Å². The van der Waals surface area contributed by atoms with E-state index in [2.05, 4.69) is 16.4 Å². The number of aromatic hydroxyl groups is 1. The molecule has 1 aromatic heterocycles. The quantitative estimate of drug-likeness (QED) is 0.691. The Kier molecular flexibility index (Phi) is 1.77. The first-order valence-electron chi connectivity index (χ1n) is 4.00. The molecule has 0 saturated heterocycles. The van der Waals surface area contributed by atoms with Crippen molar-refractivity contribution in [2.45, 2.75) is 6.92 Å². The van der Waals surface area contributed by atoms with Crippen LogP contribution >= 0.6 is 0 Å². The summed E-state index contributed by atoms with van der Waals surface area (Å²) in [5.41, 5.74) is 2.48. The molecule has 0 unspecified atom stereocenters. The second kappa shape index (κ2) is 2.94. The number of para-hydroxylation sites is 1. The fraction of sp³-hybridized carbons (Fsp3) is 0.100. The van der Waals surface area contributed by atoms with Crippen LogP contribution in [-0.2, 0) is 0 Å². The molecule has 0 aliphatic heterocycles. The van der Waals surface area contributed by atoms with Gasteiger partial charge in [0.25, 0.3) is 0 Å². The third kappa shape index (κ3) is 1.28. The van der Waals surface area contributed by atoms with Gasteiger partial charge in [-0.1, -0.05) is 12.1 Å². The SMILES string of the molecule is Cc1[c]n[nH]c1-c1ccccc1O. The first-order chi connectivity index (χ1) is 6.29. The molecule has 3 heteroatoms. The Morgan fingerprint density at radius 3 is 2.77 bits per heavy atom. The van der Waals surface area contributed by atoms with Crippen LogP contribution in [0.2, 0.25) is 0 Å². The number of aromatic amines is 1. The summed E-state index contributed by atoms with van der Waals surface area (Å²) in [7, 11) is 0. The van der Waals surface area contributed by atoms with Crippen LogP contribution in [-0.4, -0.2) is 15.3 Å². The summed E-state index contributed by atoms with van der Waals surface area (Å²) >= 11 is 0. The van der Waals surface area contributed by atoms with Crippen molar-refractivity contribution in [2.24, 2.45) is 0 Å². The number of nitrogens with one attached hydrogen (secondary N) is 1. The topological polar surface area (TPSA) is 48.9 Å². The number of phenols is 1. The van der Waals surface area contributed by atoms with Crippen LogP contribution in [0.25, 0.3) is 11.3 Å². The van der Waals surface area contributed by atoms with Gasteiger partial charge in [0.1, 0.15) is 11.9 Å². The van der Waals surface area contributed by atoms with E-state index in [-0.39, 0.29) is 5.75 Å². The highest BCUT2D eigenvalue weighted by Crippen LogP contribution is 2.28. The summed E-state index contributed by atoms with van der Waals surface area (Å²) in [5.74, 6) is 0.253. The molecule has 2 rings (SSSR count). The number of nitrogens with zero attached hydrogens (tertiary/aromatic N) is 1. The van der Waals surface area contributed by atoms with Gasteiger partial charge < -0.3 is 5.11 Å². The van der Waals surface area contributed by atoms with Gasteiger partial charge in [-0.2, -0.15) is 5.10 Å². The third-order valence-corrected chi connectivity index (χ3v) is 1.94. The third-order valence-electron chi connectivity index (χ3n) is 1.94. The Morgan fingerprint density at radius 1 is 1.38 bits per heavy atom. The molecule has 0 fully saturated rings. The largest absolute Gasteiger partial charge is 0.507 e. The highest BCUT2D eigenvalue weighted by Gasteiger charge is 2.07. The molecule has 0 spiro atoms. The number of aromatic nitrogens is 2. The second-order valence-corrected chi connectivity index (χ2v) is 2.85. The van der Waals surface area contributed by atoms with Crippen molar-refractivity contribution in [3.05, 3.63) is 36.0 Å².